The number of rotatable bonds is 5. The maximum Gasteiger partial charge on any atom is 0.365 e. The number of benzene rings is 2. The van der Waals surface area contributed by atoms with Crippen molar-refractivity contribution in [2.24, 2.45) is 0 Å². The number of nitrogens with two attached hydrogens (primary N) is 1. The van der Waals surface area contributed by atoms with E-state index in [1.54, 1.807) is 5.32 Å². The van der Waals surface area contributed by atoms with Crippen LogP contribution in [0.15, 0.2) is 54.6 Å². The van der Waals surface area contributed by atoms with Gasteiger partial charge in [0.15, 0.2) is 0 Å². The van der Waals surface area contributed by atoms with E-state index in [4.69, 9.17) is 9.84 Å². The molecule has 2 aromatic carbocycles. The van der Waals surface area contributed by atoms with Crippen LogP contribution in [0.2, 0.25) is 0 Å². The predicted octanol–water partition coefficient (Wildman–Crippen LogP) is 0.630. The molecule has 0 spiro atoms. The van der Waals surface area contributed by atoms with Crippen LogP contribution in [0.1, 0.15) is 5.56 Å². The molecule has 2 aromatic rings. The van der Waals surface area contributed by atoms with Crippen molar-refractivity contribution in [3.8, 4) is 11.1 Å². The molecule has 1 saturated heterocycles. The molecule has 0 bridgehead atoms. The van der Waals surface area contributed by atoms with E-state index in [-0.39, 0.29) is 0 Å². The molecule has 3 atom stereocenters. The Labute approximate surface area is 134 Å². The summed E-state index contributed by atoms with van der Waals surface area (Å²) in [7, 11) is 0. The van der Waals surface area contributed by atoms with E-state index in [1.165, 1.54) is 0 Å². The van der Waals surface area contributed by atoms with Crippen LogP contribution in [-0.4, -0.2) is 41.0 Å². The fourth-order valence-electron chi connectivity index (χ4n) is 2.83. The Morgan fingerprint density at radius 2 is 1.74 bits per heavy atom. The first-order valence-electron chi connectivity index (χ1n) is 7.65. The predicted molar refractivity (Wildman–Crippen MR) is 84.7 cm³/mol. The lowest BCUT2D eigenvalue weighted by Gasteiger charge is -2.14. The van der Waals surface area contributed by atoms with Gasteiger partial charge in [-0.25, -0.2) is 4.79 Å². The van der Waals surface area contributed by atoms with Crippen LogP contribution in [0, 0.1) is 0 Å². The monoisotopic (exact) mass is 314 g/mol. The Morgan fingerprint density at radius 3 is 2.35 bits per heavy atom. The molecule has 0 radical (unpaired) electrons. The van der Waals surface area contributed by atoms with Crippen molar-refractivity contribution >= 4 is 5.97 Å². The second kappa shape index (κ2) is 6.91. The molecule has 0 saturated carbocycles. The topological polar surface area (TPSA) is 83.4 Å². The number of hydrogen-bond acceptors (Lipinski definition) is 3. The highest BCUT2D eigenvalue weighted by Gasteiger charge is 2.43. The third-order valence-electron chi connectivity index (χ3n) is 4.18. The number of aliphatic hydroxyl groups is 1. The van der Waals surface area contributed by atoms with E-state index < -0.39 is 24.2 Å². The zero-order chi connectivity index (χ0) is 16.2. The van der Waals surface area contributed by atoms with Gasteiger partial charge in [0.1, 0.15) is 18.8 Å². The number of carbonyl (C=O) groups is 1. The van der Waals surface area contributed by atoms with Gasteiger partial charge >= 0.3 is 5.97 Å². The fraction of sp³-hybridized carbons (Fsp3) is 0.278. The van der Waals surface area contributed by atoms with Crippen LogP contribution in [0.3, 0.4) is 0 Å². The molecule has 4 N–H and O–H groups in total. The second-order valence-corrected chi connectivity index (χ2v) is 5.74. The minimum Gasteiger partial charge on any atom is -0.477 e. The highest BCUT2D eigenvalue weighted by atomic mass is 16.5. The number of carboxylic acids is 1. The maximum atomic E-state index is 11.0. The summed E-state index contributed by atoms with van der Waals surface area (Å²) in [6.45, 7) is 0.817. The van der Waals surface area contributed by atoms with E-state index >= 15 is 0 Å². The Balaban J connectivity index is 1.58. The van der Waals surface area contributed by atoms with Crippen molar-refractivity contribution in [1.29, 1.82) is 0 Å². The molecule has 1 heterocycles. The van der Waals surface area contributed by atoms with Crippen molar-refractivity contribution in [1.82, 2.24) is 0 Å². The van der Waals surface area contributed by atoms with Crippen molar-refractivity contribution < 1.29 is 25.1 Å². The van der Waals surface area contributed by atoms with E-state index in [1.807, 2.05) is 42.5 Å². The molecule has 1 aliphatic heterocycles. The van der Waals surface area contributed by atoms with Gasteiger partial charge in [-0.15, -0.1) is 0 Å². The van der Waals surface area contributed by atoms with Gasteiger partial charge in [-0.2, -0.15) is 0 Å². The molecule has 1 aliphatic rings. The van der Waals surface area contributed by atoms with E-state index in [0.717, 1.165) is 16.7 Å². The molecule has 3 rings (SSSR count). The molecule has 120 valence electrons. The lowest BCUT2D eigenvalue weighted by molar-refractivity contribution is -0.664. The van der Waals surface area contributed by atoms with Gasteiger partial charge in [-0.3, -0.25) is 0 Å². The SMILES string of the molecule is O=C(O)C1[NH2+]CC(OCc2ccc(-c3ccccc3)cc2)C1O. The molecule has 0 aromatic heterocycles. The largest absolute Gasteiger partial charge is 0.477 e. The fourth-order valence-corrected chi connectivity index (χ4v) is 2.83. The summed E-state index contributed by atoms with van der Waals surface area (Å²) in [5.41, 5.74) is 3.29. The maximum absolute atomic E-state index is 11.0. The summed E-state index contributed by atoms with van der Waals surface area (Å²) in [5.74, 6) is -1.00. The van der Waals surface area contributed by atoms with Gasteiger partial charge in [0.25, 0.3) is 0 Å². The normalized spacial score (nSPS) is 23.8. The smallest absolute Gasteiger partial charge is 0.365 e. The highest BCUT2D eigenvalue weighted by molar-refractivity contribution is 5.72. The lowest BCUT2D eigenvalue weighted by Crippen LogP contribution is -2.90. The minimum atomic E-state index is -1.00. The standard InChI is InChI=1S/C18H19NO4/c20-17-15(10-19-16(17)18(21)22)23-11-12-6-8-14(9-7-12)13-4-2-1-3-5-13/h1-9,15-17,19-20H,10-11H2,(H,21,22)/p+1. The molecule has 23 heavy (non-hydrogen) atoms. The third kappa shape index (κ3) is 3.59. The first-order chi connectivity index (χ1) is 11.1. The molecule has 0 aliphatic carbocycles. The van der Waals surface area contributed by atoms with Crippen molar-refractivity contribution in [3.63, 3.8) is 0 Å². The molecule has 5 heteroatoms. The van der Waals surface area contributed by atoms with Crippen LogP contribution in [0.4, 0.5) is 0 Å². The average Bonchev–Trinajstić information content (AvgIpc) is 2.95. The summed E-state index contributed by atoms with van der Waals surface area (Å²) in [4.78, 5) is 11.0. The minimum absolute atomic E-state index is 0.358. The van der Waals surface area contributed by atoms with Gasteiger partial charge in [0, 0.05) is 0 Å². The van der Waals surface area contributed by atoms with Gasteiger partial charge in [0.05, 0.1) is 6.61 Å². The number of carboxylic acid groups (broad SMARTS) is 1. The first kappa shape index (κ1) is 15.7. The zero-order valence-electron chi connectivity index (χ0n) is 12.6. The Hall–Kier alpha value is -2.21. The first-order valence-corrected chi connectivity index (χ1v) is 7.65. The average molecular weight is 314 g/mol. The highest BCUT2D eigenvalue weighted by Crippen LogP contribution is 2.20. The van der Waals surface area contributed by atoms with Crippen molar-refractivity contribution in [2.75, 3.05) is 6.54 Å². The van der Waals surface area contributed by atoms with Crippen molar-refractivity contribution in [3.05, 3.63) is 60.2 Å². The van der Waals surface area contributed by atoms with E-state index in [0.29, 0.717) is 13.2 Å². The van der Waals surface area contributed by atoms with E-state index in [2.05, 4.69) is 12.1 Å². The molecule has 5 nitrogen and oxygen atoms in total. The Kier molecular flexibility index (Phi) is 4.71. The van der Waals surface area contributed by atoms with Gasteiger partial charge in [0.2, 0.25) is 6.04 Å². The number of aliphatic hydroxyl groups excluding tert-OH is 1. The summed E-state index contributed by atoms with van der Waals surface area (Å²) < 4.78 is 5.68. The molecular formula is C18H20NO4+. The second-order valence-electron chi connectivity index (χ2n) is 5.74. The van der Waals surface area contributed by atoms with Gasteiger partial charge in [-0.1, -0.05) is 54.6 Å². The van der Waals surface area contributed by atoms with Crippen LogP contribution in [-0.2, 0) is 16.1 Å². The zero-order valence-corrected chi connectivity index (χ0v) is 12.6. The van der Waals surface area contributed by atoms with Crippen LogP contribution in [0.5, 0.6) is 0 Å². The number of ether oxygens (including phenoxy) is 1. The Morgan fingerprint density at radius 1 is 1.09 bits per heavy atom. The number of quaternary nitrogens is 1. The van der Waals surface area contributed by atoms with Crippen molar-refractivity contribution in [2.45, 2.75) is 24.9 Å². The number of hydrogen-bond donors (Lipinski definition) is 3. The Bertz CT molecular complexity index is 656. The molecule has 1 fully saturated rings. The summed E-state index contributed by atoms with van der Waals surface area (Å²) in [6, 6.07) is 17.3. The molecule has 0 amide bonds. The van der Waals surface area contributed by atoms with Crippen LogP contribution < -0.4 is 5.32 Å². The van der Waals surface area contributed by atoms with Crippen LogP contribution >= 0.6 is 0 Å². The quantitative estimate of drug-likeness (QED) is 0.756. The van der Waals surface area contributed by atoms with E-state index in [9.17, 15) is 9.90 Å². The third-order valence-corrected chi connectivity index (χ3v) is 4.18. The summed E-state index contributed by atoms with van der Waals surface area (Å²) in [5, 5.41) is 20.5. The van der Waals surface area contributed by atoms with Gasteiger partial charge in [-0.05, 0) is 16.7 Å². The van der Waals surface area contributed by atoms with Crippen LogP contribution in [0.25, 0.3) is 11.1 Å². The molecule has 3 unspecified atom stereocenters. The van der Waals surface area contributed by atoms with Gasteiger partial charge < -0.3 is 20.3 Å². The summed E-state index contributed by atoms with van der Waals surface area (Å²) >= 11 is 0. The lowest BCUT2D eigenvalue weighted by atomic mass is 10.0. The molecular weight excluding hydrogens is 294 g/mol. The summed E-state index contributed by atoms with van der Waals surface area (Å²) in [6.07, 6.45) is -1.43. The number of aliphatic carboxylic acids is 1.